The first-order valence-corrected chi connectivity index (χ1v) is 9.11. The van der Waals surface area contributed by atoms with Gasteiger partial charge in [0.15, 0.2) is 5.03 Å². The molecule has 21 heavy (non-hydrogen) atoms. The van der Waals surface area contributed by atoms with Gasteiger partial charge in [-0.25, -0.2) is 13.4 Å². The molecule has 0 saturated carbocycles. The summed E-state index contributed by atoms with van der Waals surface area (Å²) >= 11 is 6.23. The summed E-state index contributed by atoms with van der Waals surface area (Å²) in [4.78, 5) is 4.10. The maximum Gasteiger partial charge on any atom is 0.280 e. The van der Waals surface area contributed by atoms with Crippen molar-refractivity contribution in [1.82, 2.24) is 19.3 Å². The Morgan fingerprint density at radius 3 is 2.52 bits per heavy atom. The molecule has 9 heteroatoms. The summed E-state index contributed by atoms with van der Waals surface area (Å²) in [6, 6.07) is 0. The van der Waals surface area contributed by atoms with E-state index < -0.39 is 9.05 Å². The van der Waals surface area contributed by atoms with Crippen molar-refractivity contribution in [3.63, 3.8) is 0 Å². The van der Waals surface area contributed by atoms with E-state index in [-0.39, 0.29) is 5.03 Å². The van der Waals surface area contributed by atoms with Crippen molar-refractivity contribution in [3.8, 4) is 0 Å². The van der Waals surface area contributed by atoms with E-state index in [1.165, 1.54) is 6.20 Å². The molecule has 2 aromatic rings. The largest absolute Gasteiger partial charge is 0.327 e. The molecule has 116 valence electrons. The van der Waals surface area contributed by atoms with Crippen LogP contribution >= 0.6 is 22.3 Å². The molecule has 0 aliphatic heterocycles. The minimum atomic E-state index is -3.85. The molecule has 6 nitrogen and oxygen atoms in total. The molecule has 0 spiro atoms. The normalized spacial score (nSPS) is 12.0. The molecule has 0 aromatic carbocycles. The van der Waals surface area contributed by atoms with Gasteiger partial charge in [-0.15, -0.1) is 0 Å². The Balaban J connectivity index is 2.45. The fourth-order valence-electron chi connectivity index (χ4n) is 2.12. The van der Waals surface area contributed by atoms with Crippen LogP contribution in [-0.2, 0) is 29.1 Å². The third-order valence-corrected chi connectivity index (χ3v) is 4.80. The second kappa shape index (κ2) is 5.98. The zero-order valence-corrected chi connectivity index (χ0v) is 14.3. The van der Waals surface area contributed by atoms with Crippen molar-refractivity contribution < 1.29 is 8.42 Å². The molecule has 0 aliphatic carbocycles. The SMILES string of the molecule is CCCc1nc(S(=O)(=O)Cl)cn1Cc1c(Cl)c(C)nn1C. The summed E-state index contributed by atoms with van der Waals surface area (Å²) in [5.74, 6) is 0.659. The van der Waals surface area contributed by atoms with Crippen molar-refractivity contribution in [1.29, 1.82) is 0 Å². The van der Waals surface area contributed by atoms with Crippen molar-refractivity contribution in [3.05, 3.63) is 28.4 Å². The van der Waals surface area contributed by atoms with E-state index in [2.05, 4.69) is 10.1 Å². The number of aryl methyl sites for hydroxylation is 3. The van der Waals surface area contributed by atoms with E-state index in [1.807, 2.05) is 13.8 Å². The Bertz CT molecular complexity index is 765. The van der Waals surface area contributed by atoms with E-state index in [9.17, 15) is 8.42 Å². The van der Waals surface area contributed by atoms with E-state index in [1.54, 1.807) is 16.3 Å². The molecule has 0 radical (unpaired) electrons. The maximum absolute atomic E-state index is 11.4. The highest BCUT2D eigenvalue weighted by Crippen LogP contribution is 2.22. The van der Waals surface area contributed by atoms with Crippen molar-refractivity contribution >= 4 is 31.3 Å². The predicted octanol–water partition coefficient (Wildman–Crippen LogP) is 2.51. The van der Waals surface area contributed by atoms with Crippen LogP contribution in [0.25, 0.3) is 0 Å². The molecule has 0 N–H and O–H groups in total. The molecule has 0 fully saturated rings. The quantitative estimate of drug-likeness (QED) is 0.776. The van der Waals surface area contributed by atoms with Crippen LogP contribution in [0.1, 0.15) is 30.6 Å². The molecule has 0 amide bonds. The van der Waals surface area contributed by atoms with Crippen LogP contribution in [0.5, 0.6) is 0 Å². The smallest absolute Gasteiger partial charge is 0.280 e. The highest BCUT2D eigenvalue weighted by molar-refractivity contribution is 8.13. The van der Waals surface area contributed by atoms with Crippen LogP contribution in [0.4, 0.5) is 0 Å². The minimum Gasteiger partial charge on any atom is -0.327 e. The first-order chi connectivity index (χ1) is 9.74. The van der Waals surface area contributed by atoms with Gasteiger partial charge in [-0.3, -0.25) is 4.68 Å². The zero-order valence-electron chi connectivity index (χ0n) is 12.0. The summed E-state index contributed by atoms with van der Waals surface area (Å²) in [6.45, 7) is 4.21. The molecule has 0 unspecified atom stereocenters. The lowest BCUT2D eigenvalue weighted by Crippen LogP contribution is -2.08. The van der Waals surface area contributed by atoms with Crippen molar-refractivity contribution in [2.45, 2.75) is 38.3 Å². The molecule has 0 atom stereocenters. The van der Waals surface area contributed by atoms with Gasteiger partial charge in [-0.2, -0.15) is 5.10 Å². The molecule has 2 heterocycles. The maximum atomic E-state index is 11.4. The summed E-state index contributed by atoms with van der Waals surface area (Å²) in [7, 11) is 3.32. The average molecular weight is 351 g/mol. The molecule has 0 aliphatic rings. The van der Waals surface area contributed by atoms with Gasteiger partial charge in [0.2, 0.25) is 0 Å². The number of nitrogens with zero attached hydrogens (tertiary/aromatic N) is 4. The van der Waals surface area contributed by atoms with E-state index in [0.29, 0.717) is 23.8 Å². The van der Waals surface area contributed by atoms with Gasteiger partial charge in [-0.1, -0.05) is 18.5 Å². The molecular formula is C12H16Cl2N4O2S. The van der Waals surface area contributed by atoms with Gasteiger partial charge in [-0.05, 0) is 13.3 Å². The number of halogens is 2. The summed E-state index contributed by atoms with van der Waals surface area (Å²) < 4.78 is 26.3. The molecule has 2 aromatic heterocycles. The Kier molecular flexibility index (Phi) is 4.65. The zero-order chi connectivity index (χ0) is 15.8. The average Bonchev–Trinajstić information content (AvgIpc) is 2.87. The lowest BCUT2D eigenvalue weighted by molar-refractivity contribution is 0.606. The first kappa shape index (κ1) is 16.3. The second-order valence-electron chi connectivity index (χ2n) is 4.78. The second-order valence-corrected chi connectivity index (χ2v) is 7.67. The summed E-state index contributed by atoms with van der Waals surface area (Å²) in [6.07, 6.45) is 2.93. The van der Waals surface area contributed by atoms with Crippen LogP contribution in [0.15, 0.2) is 11.2 Å². The number of aromatic nitrogens is 4. The molecular weight excluding hydrogens is 335 g/mol. The van der Waals surface area contributed by atoms with Crippen LogP contribution in [-0.4, -0.2) is 27.7 Å². The Morgan fingerprint density at radius 1 is 1.38 bits per heavy atom. The van der Waals surface area contributed by atoms with Crippen molar-refractivity contribution in [2.24, 2.45) is 7.05 Å². The predicted molar refractivity (Wildman–Crippen MR) is 81.3 cm³/mol. The molecule has 0 saturated heterocycles. The fourth-order valence-corrected chi connectivity index (χ4v) is 3.03. The van der Waals surface area contributed by atoms with Crippen LogP contribution in [0.2, 0.25) is 5.02 Å². The van der Waals surface area contributed by atoms with Crippen molar-refractivity contribution in [2.75, 3.05) is 0 Å². The van der Waals surface area contributed by atoms with Crippen LogP contribution < -0.4 is 0 Å². The Labute approximate surface area is 133 Å². The topological polar surface area (TPSA) is 69.8 Å². The third kappa shape index (κ3) is 3.41. The fraction of sp³-hybridized carbons (Fsp3) is 0.500. The number of rotatable bonds is 5. The van der Waals surface area contributed by atoms with E-state index in [0.717, 1.165) is 17.8 Å². The summed E-state index contributed by atoms with van der Waals surface area (Å²) in [5, 5.41) is 4.68. The van der Waals surface area contributed by atoms with Gasteiger partial charge >= 0.3 is 0 Å². The number of hydrogen-bond donors (Lipinski definition) is 0. The van der Waals surface area contributed by atoms with Gasteiger partial charge in [0.25, 0.3) is 9.05 Å². The van der Waals surface area contributed by atoms with Crippen LogP contribution in [0.3, 0.4) is 0 Å². The van der Waals surface area contributed by atoms with Gasteiger partial charge in [0, 0.05) is 30.3 Å². The number of hydrogen-bond acceptors (Lipinski definition) is 4. The van der Waals surface area contributed by atoms with Gasteiger partial charge in [0.05, 0.1) is 23.0 Å². The van der Waals surface area contributed by atoms with E-state index in [4.69, 9.17) is 22.3 Å². The highest BCUT2D eigenvalue weighted by Gasteiger charge is 2.19. The van der Waals surface area contributed by atoms with E-state index >= 15 is 0 Å². The lowest BCUT2D eigenvalue weighted by atomic mass is 10.3. The molecule has 0 bridgehead atoms. The van der Waals surface area contributed by atoms with Gasteiger partial charge in [0.1, 0.15) is 5.82 Å². The Hall–Kier alpha value is -1.05. The van der Waals surface area contributed by atoms with Gasteiger partial charge < -0.3 is 4.57 Å². The Morgan fingerprint density at radius 2 is 2.05 bits per heavy atom. The minimum absolute atomic E-state index is 0.136. The first-order valence-electron chi connectivity index (χ1n) is 6.42. The lowest BCUT2D eigenvalue weighted by Gasteiger charge is -2.07. The summed E-state index contributed by atoms with van der Waals surface area (Å²) in [5.41, 5.74) is 1.53. The molecule has 2 rings (SSSR count). The van der Waals surface area contributed by atoms with Crippen LogP contribution in [0, 0.1) is 6.92 Å². The standard InChI is InChI=1S/C12H16Cl2N4O2S/c1-4-5-10-15-11(21(14,19)20)7-18(10)6-9-12(13)8(2)16-17(9)3/h7H,4-6H2,1-3H3. The third-order valence-electron chi connectivity index (χ3n) is 3.14. The number of imidazole rings is 1. The highest BCUT2D eigenvalue weighted by atomic mass is 35.7. The monoisotopic (exact) mass is 350 g/mol.